The highest BCUT2D eigenvalue weighted by atomic mass is 31.2. The highest BCUT2D eigenvalue weighted by Gasteiger charge is 2.08. The van der Waals surface area contributed by atoms with Crippen molar-refractivity contribution in [2.24, 2.45) is 0 Å². The molecule has 0 atom stereocenters. The predicted octanol–water partition coefficient (Wildman–Crippen LogP) is 0.758. The summed E-state index contributed by atoms with van der Waals surface area (Å²) < 4.78 is 19.6. The molecule has 82 valence electrons. The van der Waals surface area contributed by atoms with Crippen molar-refractivity contribution in [1.29, 1.82) is 0 Å². The molecule has 0 unspecified atom stereocenters. The van der Waals surface area contributed by atoms with Crippen LogP contribution in [0.3, 0.4) is 0 Å². The SMILES string of the molecule is CCCP(=O)(O)O.CCP(=O)(O)O. The molecule has 0 bridgehead atoms. The lowest BCUT2D eigenvalue weighted by molar-refractivity contribution is 0.371. The van der Waals surface area contributed by atoms with Crippen LogP contribution in [0.4, 0.5) is 0 Å². The molecule has 0 radical (unpaired) electrons. The second-order valence-corrected chi connectivity index (χ2v) is 6.11. The van der Waals surface area contributed by atoms with E-state index in [9.17, 15) is 9.13 Å². The molecular formula is C5H16O6P2. The maximum atomic E-state index is 9.93. The van der Waals surface area contributed by atoms with Gasteiger partial charge in [-0.1, -0.05) is 13.8 Å². The van der Waals surface area contributed by atoms with Gasteiger partial charge in [-0.3, -0.25) is 9.13 Å². The fourth-order valence-electron chi connectivity index (χ4n) is 0.291. The molecule has 0 aliphatic carbocycles. The predicted molar refractivity (Wildman–Crippen MR) is 49.8 cm³/mol. The normalized spacial score (nSPS) is 11.8. The van der Waals surface area contributed by atoms with Crippen LogP contribution in [-0.2, 0) is 9.13 Å². The van der Waals surface area contributed by atoms with E-state index in [-0.39, 0.29) is 12.3 Å². The molecule has 13 heavy (non-hydrogen) atoms. The monoisotopic (exact) mass is 234 g/mol. The Morgan fingerprint density at radius 2 is 1.23 bits per heavy atom. The summed E-state index contributed by atoms with van der Waals surface area (Å²) in [6, 6.07) is 0. The Morgan fingerprint density at radius 3 is 1.23 bits per heavy atom. The zero-order valence-electron chi connectivity index (χ0n) is 7.62. The summed E-state index contributed by atoms with van der Waals surface area (Å²) in [5.41, 5.74) is 0. The second-order valence-electron chi connectivity index (χ2n) is 2.37. The number of hydrogen-bond donors (Lipinski definition) is 4. The van der Waals surface area contributed by atoms with E-state index in [1.54, 1.807) is 6.92 Å². The molecule has 0 amide bonds. The molecule has 0 aromatic carbocycles. The summed E-state index contributed by atoms with van der Waals surface area (Å²) in [6.45, 7) is 3.18. The highest BCUT2D eigenvalue weighted by molar-refractivity contribution is 7.51. The van der Waals surface area contributed by atoms with Crippen LogP contribution < -0.4 is 0 Å². The molecule has 0 spiro atoms. The van der Waals surface area contributed by atoms with Crippen molar-refractivity contribution in [3.05, 3.63) is 0 Å². The topological polar surface area (TPSA) is 115 Å². The van der Waals surface area contributed by atoms with Gasteiger partial charge in [-0.25, -0.2) is 0 Å². The van der Waals surface area contributed by atoms with Gasteiger partial charge in [0, 0.05) is 12.3 Å². The van der Waals surface area contributed by atoms with Crippen LogP contribution in [0.15, 0.2) is 0 Å². The molecule has 0 heterocycles. The Morgan fingerprint density at radius 1 is 0.923 bits per heavy atom. The quantitative estimate of drug-likeness (QED) is 0.536. The van der Waals surface area contributed by atoms with Crippen LogP contribution in [0.25, 0.3) is 0 Å². The van der Waals surface area contributed by atoms with Crippen LogP contribution in [0.5, 0.6) is 0 Å². The summed E-state index contributed by atoms with van der Waals surface area (Å²) >= 11 is 0. The first-order valence-corrected chi connectivity index (χ1v) is 7.31. The molecule has 0 saturated carbocycles. The molecule has 0 aliphatic heterocycles. The van der Waals surface area contributed by atoms with Crippen molar-refractivity contribution in [2.75, 3.05) is 12.3 Å². The molecule has 0 fully saturated rings. The molecule has 0 rings (SSSR count). The summed E-state index contributed by atoms with van der Waals surface area (Å²) in [5, 5.41) is 0. The average Bonchev–Trinajstić information content (AvgIpc) is 1.84. The van der Waals surface area contributed by atoms with E-state index in [0.717, 1.165) is 0 Å². The van der Waals surface area contributed by atoms with Crippen molar-refractivity contribution >= 4 is 15.2 Å². The fraction of sp³-hybridized carbons (Fsp3) is 1.00. The van der Waals surface area contributed by atoms with Crippen molar-refractivity contribution in [3.63, 3.8) is 0 Å². The summed E-state index contributed by atoms with van der Waals surface area (Å²) in [6.07, 6.45) is 0.490. The molecule has 4 N–H and O–H groups in total. The van der Waals surface area contributed by atoms with Gasteiger partial charge in [0.15, 0.2) is 0 Å². The first-order valence-electron chi connectivity index (χ1n) is 3.71. The van der Waals surface area contributed by atoms with Gasteiger partial charge in [-0.05, 0) is 6.42 Å². The minimum atomic E-state index is -3.67. The minimum Gasteiger partial charge on any atom is -0.324 e. The van der Waals surface area contributed by atoms with E-state index >= 15 is 0 Å². The summed E-state index contributed by atoms with van der Waals surface area (Å²) in [4.78, 5) is 32.1. The van der Waals surface area contributed by atoms with Crippen molar-refractivity contribution < 1.29 is 28.7 Å². The molecule has 0 aliphatic rings. The van der Waals surface area contributed by atoms with Gasteiger partial charge in [0.2, 0.25) is 0 Å². The third kappa shape index (κ3) is 24.5. The van der Waals surface area contributed by atoms with Gasteiger partial charge in [0.1, 0.15) is 0 Å². The number of hydrogen-bond acceptors (Lipinski definition) is 2. The van der Waals surface area contributed by atoms with Crippen LogP contribution in [0, 0.1) is 0 Å². The third-order valence-electron chi connectivity index (χ3n) is 0.927. The maximum Gasteiger partial charge on any atom is 0.325 e. The minimum absolute atomic E-state index is 0.00694. The lowest BCUT2D eigenvalue weighted by Gasteiger charge is -1.96. The van der Waals surface area contributed by atoms with Gasteiger partial charge in [0.25, 0.3) is 0 Å². The molecular weight excluding hydrogens is 218 g/mol. The van der Waals surface area contributed by atoms with E-state index in [2.05, 4.69) is 0 Å². The maximum absolute atomic E-state index is 9.93. The van der Waals surface area contributed by atoms with Gasteiger partial charge >= 0.3 is 15.2 Å². The Bertz CT molecular complexity index is 203. The zero-order valence-corrected chi connectivity index (χ0v) is 9.41. The first kappa shape index (κ1) is 15.8. The van der Waals surface area contributed by atoms with E-state index in [1.807, 2.05) is 0 Å². The van der Waals surface area contributed by atoms with Crippen LogP contribution in [0.2, 0.25) is 0 Å². The Balaban J connectivity index is 0. The Labute approximate surface area is 77.3 Å². The Kier molecular flexibility index (Phi) is 8.13. The molecule has 0 aromatic heterocycles. The largest absolute Gasteiger partial charge is 0.325 e. The van der Waals surface area contributed by atoms with Crippen LogP contribution in [0.1, 0.15) is 20.3 Å². The van der Waals surface area contributed by atoms with Gasteiger partial charge in [0.05, 0.1) is 0 Å². The van der Waals surface area contributed by atoms with Crippen LogP contribution >= 0.6 is 15.2 Å². The lowest BCUT2D eigenvalue weighted by Crippen LogP contribution is -1.82. The molecule has 6 nitrogen and oxygen atoms in total. The Hall–Kier alpha value is 0.300. The van der Waals surface area contributed by atoms with E-state index in [1.165, 1.54) is 6.92 Å². The van der Waals surface area contributed by atoms with Crippen molar-refractivity contribution in [3.8, 4) is 0 Å². The smallest absolute Gasteiger partial charge is 0.324 e. The summed E-state index contributed by atoms with van der Waals surface area (Å²) in [5.74, 6) is 0. The third-order valence-corrected chi connectivity index (χ3v) is 2.78. The van der Waals surface area contributed by atoms with E-state index in [4.69, 9.17) is 19.6 Å². The van der Waals surface area contributed by atoms with E-state index in [0.29, 0.717) is 6.42 Å². The molecule has 0 aromatic rings. The lowest BCUT2D eigenvalue weighted by atomic mass is 10.6. The second kappa shape index (κ2) is 6.71. The van der Waals surface area contributed by atoms with Gasteiger partial charge in [-0.15, -0.1) is 0 Å². The van der Waals surface area contributed by atoms with Gasteiger partial charge in [-0.2, -0.15) is 0 Å². The number of rotatable bonds is 3. The standard InChI is InChI=1S/C3H9O3P.C2H7O3P/c1-2-3-7(4,5)6;1-2-6(3,4)5/h2-3H2,1H3,(H2,4,5,6);2H2,1H3,(H2,3,4,5). The zero-order chi connectivity index (χ0) is 11.1. The highest BCUT2D eigenvalue weighted by Crippen LogP contribution is 2.34. The van der Waals surface area contributed by atoms with Crippen molar-refractivity contribution in [1.82, 2.24) is 0 Å². The average molecular weight is 234 g/mol. The van der Waals surface area contributed by atoms with Crippen LogP contribution in [-0.4, -0.2) is 31.9 Å². The first-order chi connectivity index (χ1) is 5.62. The molecule has 0 saturated heterocycles. The summed E-state index contributed by atoms with van der Waals surface area (Å²) in [7, 11) is -7.31. The van der Waals surface area contributed by atoms with Gasteiger partial charge < -0.3 is 19.6 Å². The van der Waals surface area contributed by atoms with Crippen molar-refractivity contribution in [2.45, 2.75) is 20.3 Å². The fourth-order valence-corrected chi connectivity index (χ4v) is 0.874. The van der Waals surface area contributed by atoms with E-state index < -0.39 is 15.2 Å². The molecule has 8 heteroatoms.